The van der Waals surface area contributed by atoms with Crippen LogP contribution >= 0.6 is 11.6 Å². The van der Waals surface area contributed by atoms with Crippen LogP contribution in [-0.2, 0) is 9.53 Å². The van der Waals surface area contributed by atoms with Gasteiger partial charge in [-0.2, -0.15) is 0 Å². The van der Waals surface area contributed by atoms with Crippen molar-refractivity contribution in [2.24, 2.45) is 5.92 Å². The van der Waals surface area contributed by atoms with Crippen LogP contribution in [-0.4, -0.2) is 82.9 Å². The van der Waals surface area contributed by atoms with E-state index in [9.17, 15) is 14.4 Å². The van der Waals surface area contributed by atoms with E-state index in [0.29, 0.717) is 37.4 Å². The van der Waals surface area contributed by atoms with Gasteiger partial charge in [0.1, 0.15) is 22.7 Å². The maximum Gasteiger partial charge on any atom is 0.294 e. The van der Waals surface area contributed by atoms with Gasteiger partial charge in [0.05, 0.1) is 18.2 Å². The Hall–Kier alpha value is -3.54. The number of fused-ring (bicyclic) bond motifs is 1. The average Bonchev–Trinajstić information content (AvgIpc) is 3.67. The average molecular weight is 581 g/mol. The van der Waals surface area contributed by atoms with Crippen LogP contribution in [0.1, 0.15) is 59.6 Å². The van der Waals surface area contributed by atoms with E-state index in [1.165, 1.54) is 19.0 Å². The summed E-state index contributed by atoms with van der Waals surface area (Å²) >= 11 is 5.93. The Balaban J connectivity index is 1.26. The molecular weight excluding hydrogens is 548 g/mol. The van der Waals surface area contributed by atoms with E-state index in [0.717, 1.165) is 38.8 Å². The van der Waals surface area contributed by atoms with Crippen LogP contribution < -0.4 is 10.6 Å². The van der Waals surface area contributed by atoms with Gasteiger partial charge in [0.15, 0.2) is 5.58 Å². The molecule has 41 heavy (non-hydrogen) atoms. The second-order valence-electron chi connectivity index (χ2n) is 10.8. The van der Waals surface area contributed by atoms with Crippen molar-refractivity contribution in [3.63, 3.8) is 0 Å². The van der Waals surface area contributed by atoms with Gasteiger partial charge in [-0.25, -0.2) is 9.97 Å². The Bertz CT molecular complexity index is 1420. The summed E-state index contributed by atoms with van der Waals surface area (Å²) in [7, 11) is 0. The van der Waals surface area contributed by atoms with E-state index in [1.54, 1.807) is 29.2 Å². The molecule has 3 aromatic heterocycles. The second-order valence-corrected chi connectivity index (χ2v) is 11.2. The molecule has 6 rings (SSSR count). The summed E-state index contributed by atoms with van der Waals surface area (Å²) in [5, 5.41) is 6.07. The van der Waals surface area contributed by atoms with Gasteiger partial charge in [0, 0.05) is 31.2 Å². The molecule has 3 aromatic rings. The van der Waals surface area contributed by atoms with E-state index in [2.05, 4.69) is 25.5 Å². The SMILES string of the molecule is O=C(Nc1ccc(Cl)cn1)c1oc2ccc(C(=O)N3CCOCC3)nc2c1NC(=O)[C@H]1CC[C@H](N2CCCC2)CC1. The topological polar surface area (TPSA) is 130 Å². The van der Waals surface area contributed by atoms with Crippen LogP contribution in [0.15, 0.2) is 34.9 Å². The number of morpholine rings is 1. The van der Waals surface area contributed by atoms with Crippen molar-refractivity contribution in [2.75, 3.05) is 50.0 Å². The van der Waals surface area contributed by atoms with Crippen LogP contribution in [0, 0.1) is 5.92 Å². The predicted octanol–water partition coefficient (Wildman–Crippen LogP) is 4.19. The number of likely N-dealkylation sites (tertiary alicyclic amines) is 1. The Morgan fingerprint density at radius 3 is 2.39 bits per heavy atom. The number of hydrogen-bond acceptors (Lipinski definition) is 8. The largest absolute Gasteiger partial charge is 0.447 e. The summed E-state index contributed by atoms with van der Waals surface area (Å²) in [5.41, 5.74) is 0.881. The van der Waals surface area contributed by atoms with E-state index >= 15 is 0 Å². The van der Waals surface area contributed by atoms with E-state index in [-0.39, 0.29) is 51.8 Å². The molecule has 3 amide bonds. The number of pyridine rings is 2. The monoisotopic (exact) mass is 580 g/mol. The first-order chi connectivity index (χ1) is 20.0. The van der Waals surface area contributed by atoms with E-state index in [4.69, 9.17) is 20.8 Å². The third kappa shape index (κ3) is 6.07. The Kier molecular flexibility index (Phi) is 8.18. The number of ether oxygens (including phenoxy) is 1. The Morgan fingerprint density at radius 2 is 1.68 bits per heavy atom. The van der Waals surface area contributed by atoms with Crippen molar-refractivity contribution in [3.05, 3.63) is 46.9 Å². The first-order valence-electron chi connectivity index (χ1n) is 14.2. The highest BCUT2D eigenvalue weighted by molar-refractivity contribution is 6.30. The first kappa shape index (κ1) is 27.6. The number of aromatic nitrogens is 2. The maximum absolute atomic E-state index is 13.5. The number of rotatable bonds is 6. The minimum absolute atomic E-state index is 0.112. The first-order valence-corrected chi connectivity index (χ1v) is 14.6. The lowest BCUT2D eigenvalue weighted by Crippen LogP contribution is -2.41. The van der Waals surface area contributed by atoms with Gasteiger partial charge in [-0.1, -0.05) is 11.6 Å². The summed E-state index contributed by atoms with van der Waals surface area (Å²) in [6, 6.07) is 6.87. The number of hydrogen-bond donors (Lipinski definition) is 2. The van der Waals surface area contributed by atoms with Crippen LogP contribution in [0.2, 0.25) is 5.02 Å². The lowest BCUT2D eigenvalue weighted by Gasteiger charge is -2.33. The summed E-state index contributed by atoms with van der Waals surface area (Å²) in [4.78, 5) is 53.0. The molecule has 1 aliphatic carbocycles. The van der Waals surface area contributed by atoms with Crippen molar-refractivity contribution in [2.45, 2.75) is 44.6 Å². The van der Waals surface area contributed by atoms with Gasteiger partial charge >= 0.3 is 0 Å². The molecular formula is C29H33ClN6O5. The smallest absolute Gasteiger partial charge is 0.294 e. The molecule has 0 aromatic carbocycles. The zero-order chi connectivity index (χ0) is 28.3. The zero-order valence-electron chi connectivity index (χ0n) is 22.7. The third-order valence-corrected chi connectivity index (χ3v) is 8.42. The lowest BCUT2D eigenvalue weighted by atomic mass is 9.85. The van der Waals surface area contributed by atoms with Crippen LogP contribution in [0.3, 0.4) is 0 Å². The molecule has 12 heteroatoms. The fourth-order valence-corrected chi connectivity index (χ4v) is 6.07. The standard InChI is InChI=1S/C29H33ClN6O5/c30-19-5-10-23(31-17-19)33-28(38)26-25(34-27(37)18-3-6-20(7-4-18)35-11-1-2-12-35)24-22(41-26)9-8-21(32-24)29(39)36-13-15-40-16-14-36/h5,8-10,17-18,20H,1-4,6-7,11-16H2,(H,34,37)(H,31,33,38)/t18-,20-. The number of carbonyl (C=O) groups excluding carboxylic acids is 3. The van der Waals surface area contributed by atoms with Gasteiger partial charge < -0.3 is 29.6 Å². The number of anilines is 2. The summed E-state index contributed by atoms with van der Waals surface area (Å²) in [6.07, 6.45) is 7.38. The molecule has 216 valence electrons. The minimum Gasteiger partial charge on any atom is -0.447 e. The quantitative estimate of drug-likeness (QED) is 0.444. The van der Waals surface area contributed by atoms with Crippen molar-refractivity contribution in [3.8, 4) is 0 Å². The highest BCUT2D eigenvalue weighted by atomic mass is 35.5. The molecule has 2 aliphatic heterocycles. The van der Waals surface area contributed by atoms with E-state index in [1.807, 2.05) is 0 Å². The number of halogens is 1. The third-order valence-electron chi connectivity index (χ3n) is 8.20. The van der Waals surface area contributed by atoms with Gasteiger partial charge in [-0.05, 0) is 75.9 Å². The number of nitrogens with zero attached hydrogens (tertiary/aromatic N) is 4. The number of carbonyl (C=O) groups is 3. The Labute approximate surface area is 242 Å². The molecule has 5 heterocycles. The molecule has 0 atom stereocenters. The predicted molar refractivity (Wildman–Crippen MR) is 153 cm³/mol. The number of nitrogens with one attached hydrogen (secondary N) is 2. The van der Waals surface area contributed by atoms with Crippen LogP contribution in [0.25, 0.3) is 11.1 Å². The van der Waals surface area contributed by atoms with Gasteiger partial charge in [0.25, 0.3) is 11.8 Å². The molecule has 2 N–H and O–H groups in total. The van der Waals surface area contributed by atoms with Crippen LogP contribution in [0.5, 0.6) is 0 Å². The molecule has 0 spiro atoms. The molecule has 2 saturated heterocycles. The normalized spacial score (nSPS) is 21.6. The van der Waals surface area contributed by atoms with Gasteiger partial charge in [0.2, 0.25) is 11.7 Å². The fourth-order valence-electron chi connectivity index (χ4n) is 5.96. The zero-order valence-corrected chi connectivity index (χ0v) is 23.5. The lowest BCUT2D eigenvalue weighted by molar-refractivity contribution is -0.121. The van der Waals surface area contributed by atoms with Crippen molar-refractivity contribution >= 4 is 51.9 Å². The molecule has 3 aliphatic rings. The molecule has 11 nitrogen and oxygen atoms in total. The van der Waals surface area contributed by atoms with Gasteiger partial charge in [-0.15, -0.1) is 0 Å². The van der Waals surface area contributed by atoms with Crippen LogP contribution in [0.4, 0.5) is 11.5 Å². The summed E-state index contributed by atoms with van der Waals surface area (Å²) < 4.78 is 11.3. The molecule has 0 radical (unpaired) electrons. The molecule has 3 fully saturated rings. The molecule has 0 bridgehead atoms. The highest BCUT2D eigenvalue weighted by Gasteiger charge is 2.33. The highest BCUT2D eigenvalue weighted by Crippen LogP contribution is 2.34. The van der Waals surface area contributed by atoms with Crippen molar-refractivity contribution < 1.29 is 23.5 Å². The van der Waals surface area contributed by atoms with Crippen molar-refractivity contribution in [1.29, 1.82) is 0 Å². The Morgan fingerprint density at radius 1 is 0.927 bits per heavy atom. The number of furan rings is 1. The number of amides is 3. The maximum atomic E-state index is 13.5. The second kappa shape index (κ2) is 12.1. The minimum atomic E-state index is -0.605. The van der Waals surface area contributed by atoms with E-state index < -0.39 is 5.91 Å². The fraction of sp³-hybridized carbons (Fsp3) is 0.483. The summed E-state index contributed by atoms with van der Waals surface area (Å²) in [5.74, 6) is -1.06. The van der Waals surface area contributed by atoms with Gasteiger partial charge in [-0.3, -0.25) is 14.4 Å². The molecule has 1 saturated carbocycles. The summed E-state index contributed by atoms with van der Waals surface area (Å²) in [6.45, 7) is 4.14. The molecule has 0 unspecified atom stereocenters. The van der Waals surface area contributed by atoms with Crippen molar-refractivity contribution in [1.82, 2.24) is 19.8 Å².